The molecule has 0 saturated carbocycles. The summed E-state index contributed by atoms with van der Waals surface area (Å²) in [6, 6.07) is 12.6. The number of ether oxygens (including phenoxy) is 1. The van der Waals surface area contributed by atoms with Crippen LogP contribution in [0.1, 0.15) is 33.9 Å². The van der Waals surface area contributed by atoms with Gasteiger partial charge < -0.3 is 10.5 Å². The minimum Gasteiger partial charge on any atom is -0.372 e. The van der Waals surface area contributed by atoms with Crippen molar-refractivity contribution in [2.75, 3.05) is 0 Å². The molecule has 3 heteroatoms. The monoisotopic (exact) mass is 317 g/mol. The lowest BCUT2D eigenvalue weighted by Gasteiger charge is -2.16. The molecule has 0 fully saturated rings. The highest BCUT2D eigenvalue weighted by atomic mass is 79.9. The van der Waals surface area contributed by atoms with Crippen LogP contribution in [0.15, 0.2) is 40.9 Å². The minimum absolute atomic E-state index is 0.0843. The van der Waals surface area contributed by atoms with Crippen LogP contribution in [0.2, 0.25) is 0 Å². The fourth-order valence-electron chi connectivity index (χ4n) is 2.55. The molecule has 0 radical (unpaired) electrons. The fourth-order valence-corrected chi connectivity index (χ4v) is 3.03. The quantitative estimate of drug-likeness (QED) is 0.913. The topological polar surface area (TPSA) is 35.2 Å². The molecule has 0 amide bonds. The van der Waals surface area contributed by atoms with E-state index in [4.69, 9.17) is 10.5 Å². The van der Waals surface area contributed by atoms with Gasteiger partial charge in [0.05, 0.1) is 19.3 Å². The zero-order valence-electron chi connectivity index (χ0n) is 10.8. The number of hydrogen-bond donors (Lipinski definition) is 1. The molecule has 98 valence electrons. The van der Waals surface area contributed by atoms with Crippen molar-refractivity contribution < 1.29 is 4.74 Å². The van der Waals surface area contributed by atoms with E-state index >= 15 is 0 Å². The van der Waals surface area contributed by atoms with Crippen molar-refractivity contribution in [3.63, 3.8) is 0 Å². The summed E-state index contributed by atoms with van der Waals surface area (Å²) in [6.45, 7) is 3.52. The Morgan fingerprint density at radius 1 is 1.11 bits per heavy atom. The smallest absolute Gasteiger partial charge is 0.0725 e. The zero-order valence-corrected chi connectivity index (χ0v) is 12.4. The largest absolute Gasteiger partial charge is 0.372 e. The van der Waals surface area contributed by atoms with Crippen molar-refractivity contribution in [1.29, 1.82) is 0 Å². The van der Waals surface area contributed by atoms with E-state index in [0.29, 0.717) is 6.61 Å². The highest BCUT2D eigenvalue weighted by Gasteiger charge is 2.16. The van der Waals surface area contributed by atoms with Gasteiger partial charge in [-0.2, -0.15) is 0 Å². The molecule has 0 aliphatic carbocycles. The first-order valence-electron chi connectivity index (χ1n) is 6.36. The van der Waals surface area contributed by atoms with Gasteiger partial charge in [-0.3, -0.25) is 0 Å². The van der Waals surface area contributed by atoms with Crippen molar-refractivity contribution in [3.8, 4) is 0 Å². The van der Waals surface area contributed by atoms with Crippen LogP contribution in [0.4, 0.5) is 0 Å². The van der Waals surface area contributed by atoms with Crippen molar-refractivity contribution in [2.24, 2.45) is 5.73 Å². The average molecular weight is 318 g/mol. The van der Waals surface area contributed by atoms with Crippen molar-refractivity contribution >= 4 is 15.9 Å². The third-order valence-electron chi connectivity index (χ3n) is 3.67. The maximum atomic E-state index is 6.41. The molecule has 0 bridgehead atoms. The highest BCUT2D eigenvalue weighted by molar-refractivity contribution is 9.10. The maximum absolute atomic E-state index is 6.41. The first kappa shape index (κ1) is 12.9. The Morgan fingerprint density at radius 3 is 2.68 bits per heavy atom. The second-order valence-electron chi connectivity index (χ2n) is 5.00. The molecule has 0 aromatic heterocycles. The summed E-state index contributed by atoms with van der Waals surface area (Å²) in [5.41, 5.74) is 12.5. The molecule has 1 aliphatic rings. The van der Waals surface area contributed by atoms with Gasteiger partial charge in [-0.15, -0.1) is 0 Å². The molecule has 2 aromatic carbocycles. The molecule has 0 saturated heterocycles. The second-order valence-corrected chi connectivity index (χ2v) is 5.92. The van der Waals surface area contributed by atoms with Gasteiger partial charge in [0.25, 0.3) is 0 Å². The van der Waals surface area contributed by atoms with Crippen molar-refractivity contribution in [1.82, 2.24) is 0 Å². The summed E-state index contributed by atoms with van der Waals surface area (Å²) in [6.07, 6.45) is 0. The first-order chi connectivity index (χ1) is 9.15. The summed E-state index contributed by atoms with van der Waals surface area (Å²) in [7, 11) is 0. The van der Waals surface area contributed by atoms with E-state index in [2.05, 4.69) is 53.2 Å². The number of fused-ring (bicyclic) bond motifs is 1. The summed E-state index contributed by atoms with van der Waals surface area (Å²) < 4.78 is 6.53. The fraction of sp³-hybridized carbons (Fsp3) is 0.250. The predicted octanol–water partition coefficient (Wildman–Crippen LogP) is 3.84. The van der Waals surface area contributed by atoms with Crippen LogP contribution in [-0.4, -0.2) is 0 Å². The van der Waals surface area contributed by atoms with Gasteiger partial charge in [0, 0.05) is 4.47 Å². The third kappa shape index (κ3) is 2.46. The first-order valence-corrected chi connectivity index (χ1v) is 7.15. The van der Waals surface area contributed by atoms with Gasteiger partial charge >= 0.3 is 0 Å². The maximum Gasteiger partial charge on any atom is 0.0725 e. The lowest BCUT2D eigenvalue weighted by Crippen LogP contribution is -2.13. The number of aryl methyl sites for hydroxylation is 1. The lowest BCUT2D eigenvalue weighted by atomic mass is 9.94. The summed E-state index contributed by atoms with van der Waals surface area (Å²) in [5, 5.41) is 0. The van der Waals surface area contributed by atoms with Gasteiger partial charge in [-0.25, -0.2) is 0 Å². The molecule has 1 unspecified atom stereocenters. The van der Waals surface area contributed by atoms with E-state index in [1.165, 1.54) is 22.3 Å². The van der Waals surface area contributed by atoms with Crippen LogP contribution in [0, 0.1) is 6.92 Å². The van der Waals surface area contributed by atoms with E-state index < -0.39 is 0 Å². The SMILES string of the molecule is Cc1cc(Br)ccc1C(N)c1ccc2c(c1)COC2. The standard InChI is InChI=1S/C16H16BrNO/c1-10-6-14(17)4-5-15(10)16(18)11-2-3-12-8-19-9-13(12)7-11/h2-7,16H,8-9,18H2,1H3. The summed E-state index contributed by atoms with van der Waals surface area (Å²) in [4.78, 5) is 0. The van der Waals surface area contributed by atoms with Gasteiger partial charge in [0.1, 0.15) is 0 Å². The third-order valence-corrected chi connectivity index (χ3v) is 4.16. The molecule has 3 rings (SSSR count). The molecule has 1 aliphatic heterocycles. The van der Waals surface area contributed by atoms with E-state index in [1.54, 1.807) is 0 Å². The molecule has 19 heavy (non-hydrogen) atoms. The number of hydrogen-bond acceptors (Lipinski definition) is 2. The average Bonchev–Trinajstić information content (AvgIpc) is 2.85. The Kier molecular flexibility index (Phi) is 3.44. The molecule has 2 N–H and O–H groups in total. The van der Waals surface area contributed by atoms with Gasteiger partial charge in [-0.1, -0.05) is 40.2 Å². The van der Waals surface area contributed by atoms with Crippen LogP contribution in [0.5, 0.6) is 0 Å². The number of nitrogens with two attached hydrogens (primary N) is 1. The number of halogens is 1. The van der Waals surface area contributed by atoms with Crippen LogP contribution in [0.3, 0.4) is 0 Å². The molecule has 1 atom stereocenters. The van der Waals surface area contributed by atoms with Crippen molar-refractivity contribution in [2.45, 2.75) is 26.2 Å². The molecule has 2 nitrogen and oxygen atoms in total. The Morgan fingerprint density at radius 2 is 1.89 bits per heavy atom. The van der Waals surface area contributed by atoms with Gasteiger partial charge in [0.15, 0.2) is 0 Å². The van der Waals surface area contributed by atoms with Gasteiger partial charge in [-0.05, 0) is 46.9 Å². The van der Waals surface area contributed by atoms with E-state index in [1.807, 2.05) is 6.07 Å². The number of rotatable bonds is 2. The van der Waals surface area contributed by atoms with E-state index in [0.717, 1.165) is 16.6 Å². The highest BCUT2D eigenvalue weighted by Crippen LogP contribution is 2.28. The number of benzene rings is 2. The molecule has 0 spiro atoms. The van der Waals surface area contributed by atoms with Crippen LogP contribution >= 0.6 is 15.9 Å². The minimum atomic E-state index is -0.0843. The molecule has 2 aromatic rings. The summed E-state index contributed by atoms with van der Waals surface area (Å²) in [5.74, 6) is 0. The van der Waals surface area contributed by atoms with E-state index in [9.17, 15) is 0 Å². The Balaban J connectivity index is 1.97. The molecular formula is C16H16BrNO. The van der Waals surface area contributed by atoms with Gasteiger partial charge in [0.2, 0.25) is 0 Å². The normalized spacial score (nSPS) is 15.3. The lowest BCUT2D eigenvalue weighted by molar-refractivity contribution is 0.134. The zero-order chi connectivity index (χ0) is 13.4. The Labute approximate surface area is 121 Å². The molecule has 1 heterocycles. The molecular weight excluding hydrogens is 302 g/mol. The Hall–Kier alpha value is -1.16. The van der Waals surface area contributed by atoms with E-state index in [-0.39, 0.29) is 6.04 Å². The van der Waals surface area contributed by atoms with Crippen LogP contribution in [-0.2, 0) is 18.0 Å². The van der Waals surface area contributed by atoms with Crippen molar-refractivity contribution in [3.05, 3.63) is 68.7 Å². The van der Waals surface area contributed by atoms with Crippen LogP contribution < -0.4 is 5.73 Å². The van der Waals surface area contributed by atoms with Crippen LogP contribution in [0.25, 0.3) is 0 Å². The second kappa shape index (κ2) is 5.08. The predicted molar refractivity (Wildman–Crippen MR) is 79.8 cm³/mol. The Bertz CT molecular complexity index is 624. The summed E-state index contributed by atoms with van der Waals surface area (Å²) >= 11 is 3.48.